The second-order valence-electron chi connectivity index (χ2n) is 7.06. The Hall–Kier alpha value is -2.87. The molecule has 0 aliphatic carbocycles. The molecule has 140 valence electrons. The first-order chi connectivity index (χ1) is 13.1. The van der Waals surface area contributed by atoms with Crippen LogP contribution in [-0.4, -0.2) is 48.2 Å². The van der Waals surface area contributed by atoms with Crippen LogP contribution in [0.25, 0.3) is 0 Å². The molecule has 5 rings (SSSR count). The van der Waals surface area contributed by atoms with Gasteiger partial charge in [-0.15, -0.1) is 0 Å². The summed E-state index contributed by atoms with van der Waals surface area (Å²) >= 11 is 0. The molecule has 8 heteroatoms. The quantitative estimate of drug-likeness (QED) is 0.766. The van der Waals surface area contributed by atoms with Gasteiger partial charge in [-0.3, -0.25) is 19.4 Å². The summed E-state index contributed by atoms with van der Waals surface area (Å²) in [5, 5.41) is 3.97. The summed E-state index contributed by atoms with van der Waals surface area (Å²) in [6.07, 6.45) is 1.92. The van der Waals surface area contributed by atoms with Crippen LogP contribution >= 0.6 is 0 Å². The number of aromatic nitrogens is 1. The van der Waals surface area contributed by atoms with Gasteiger partial charge in [0.05, 0.1) is 29.7 Å². The van der Waals surface area contributed by atoms with Crippen molar-refractivity contribution in [1.82, 2.24) is 10.1 Å². The molecule has 0 radical (unpaired) electrons. The van der Waals surface area contributed by atoms with Crippen LogP contribution in [0.2, 0.25) is 0 Å². The number of aryl methyl sites for hydroxylation is 1. The van der Waals surface area contributed by atoms with Crippen LogP contribution in [0.3, 0.4) is 0 Å². The maximum Gasteiger partial charge on any atom is 0.300 e. The third kappa shape index (κ3) is 2.59. The maximum atomic E-state index is 12.6. The van der Waals surface area contributed by atoms with Gasteiger partial charge in [-0.1, -0.05) is 5.16 Å². The van der Waals surface area contributed by atoms with Crippen molar-refractivity contribution in [3.8, 4) is 11.5 Å². The predicted molar refractivity (Wildman–Crippen MR) is 94.0 cm³/mol. The highest BCUT2D eigenvalue weighted by molar-refractivity contribution is 6.52. The van der Waals surface area contributed by atoms with Gasteiger partial charge in [-0.05, 0) is 25.8 Å². The number of hydrogen-bond acceptors (Lipinski definition) is 7. The first-order valence-electron chi connectivity index (χ1n) is 9.09. The topological polar surface area (TPSA) is 85.1 Å². The van der Waals surface area contributed by atoms with E-state index in [1.54, 1.807) is 12.1 Å². The van der Waals surface area contributed by atoms with Crippen molar-refractivity contribution in [3.05, 3.63) is 35.2 Å². The van der Waals surface area contributed by atoms with Crippen LogP contribution in [0.15, 0.2) is 22.7 Å². The van der Waals surface area contributed by atoms with E-state index in [2.05, 4.69) is 10.1 Å². The van der Waals surface area contributed by atoms with Crippen LogP contribution in [0.4, 0.5) is 5.69 Å². The first kappa shape index (κ1) is 16.3. The summed E-state index contributed by atoms with van der Waals surface area (Å²) in [6.45, 7) is 3.91. The van der Waals surface area contributed by atoms with Gasteiger partial charge >= 0.3 is 5.91 Å². The fourth-order valence-electron chi connectivity index (χ4n) is 4.01. The van der Waals surface area contributed by atoms with Crippen molar-refractivity contribution in [3.63, 3.8) is 0 Å². The first-order valence-corrected chi connectivity index (χ1v) is 9.09. The normalized spacial score (nSPS) is 21.8. The molecular weight excluding hydrogens is 350 g/mol. The Labute approximate surface area is 155 Å². The molecule has 1 saturated heterocycles. The summed E-state index contributed by atoms with van der Waals surface area (Å²) < 4.78 is 16.6. The molecule has 0 unspecified atom stereocenters. The Balaban J connectivity index is 1.46. The van der Waals surface area contributed by atoms with Gasteiger partial charge in [0.1, 0.15) is 13.2 Å². The molecular formula is C19H19N3O5. The number of carbonyl (C=O) groups is 2. The van der Waals surface area contributed by atoms with Crippen LogP contribution in [0.1, 0.15) is 40.7 Å². The summed E-state index contributed by atoms with van der Waals surface area (Å²) in [5.41, 5.74) is 1.78. The number of ether oxygens (including phenoxy) is 2. The van der Waals surface area contributed by atoms with Gasteiger partial charge in [0.25, 0.3) is 5.78 Å². The van der Waals surface area contributed by atoms with E-state index in [4.69, 9.17) is 14.0 Å². The third-order valence-electron chi connectivity index (χ3n) is 5.30. The van der Waals surface area contributed by atoms with Gasteiger partial charge in [0.2, 0.25) is 0 Å². The van der Waals surface area contributed by atoms with E-state index < -0.39 is 11.7 Å². The predicted octanol–water partition coefficient (Wildman–Crippen LogP) is 2.08. The lowest BCUT2D eigenvalue weighted by molar-refractivity contribution is -0.114. The number of likely N-dealkylation sites (tertiary alicyclic amines) is 1. The Morgan fingerprint density at radius 2 is 1.93 bits per heavy atom. The van der Waals surface area contributed by atoms with E-state index in [0.717, 1.165) is 30.8 Å². The van der Waals surface area contributed by atoms with Gasteiger partial charge in [0, 0.05) is 18.7 Å². The molecule has 1 amide bonds. The van der Waals surface area contributed by atoms with E-state index in [1.807, 2.05) is 13.0 Å². The smallest absolute Gasteiger partial charge is 0.300 e. The van der Waals surface area contributed by atoms with Crippen LogP contribution in [0, 0.1) is 6.92 Å². The van der Waals surface area contributed by atoms with Crippen LogP contribution < -0.4 is 14.4 Å². The van der Waals surface area contributed by atoms with E-state index in [0.29, 0.717) is 42.6 Å². The lowest BCUT2D eigenvalue weighted by atomic mass is 10.1. The lowest BCUT2D eigenvalue weighted by Crippen LogP contribution is -2.40. The summed E-state index contributed by atoms with van der Waals surface area (Å²) in [7, 11) is 0. The molecule has 1 atom stereocenters. The van der Waals surface area contributed by atoms with Crippen molar-refractivity contribution >= 4 is 17.4 Å². The molecule has 0 bridgehead atoms. The highest BCUT2D eigenvalue weighted by atomic mass is 16.6. The number of amides is 1. The van der Waals surface area contributed by atoms with Gasteiger partial charge in [-0.2, -0.15) is 0 Å². The van der Waals surface area contributed by atoms with Crippen molar-refractivity contribution in [1.29, 1.82) is 0 Å². The summed E-state index contributed by atoms with van der Waals surface area (Å²) in [6, 6.07) is 5.33. The number of rotatable bonds is 3. The minimum Gasteiger partial charge on any atom is -0.486 e. The van der Waals surface area contributed by atoms with E-state index in [9.17, 15) is 9.59 Å². The van der Waals surface area contributed by atoms with Crippen molar-refractivity contribution in [2.45, 2.75) is 25.8 Å². The number of fused-ring (bicyclic) bond motifs is 2. The monoisotopic (exact) mass is 369 g/mol. The number of benzene rings is 1. The van der Waals surface area contributed by atoms with Crippen LogP contribution in [-0.2, 0) is 4.79 Å². The zero-order valence-electron chi connectivity index (χ0n) is 14.9. The van der Waals surface area contributed by atoms with E-state index >= 15 is 0 Å². The second kappa shape index (κ2) is 6.09. The fourth-order valence-corrected chi connectivity index (χ4v) is 4.01. The van der Waals surface area contributed by atoms with Crippen molar-refractivity contribution in [2.24, 2.45) is 0 Å². The third-order valence-corrected chi connectivity index (χ3v) is 5.30. The summed E-state index contributed by atoms with van der Waals surface area (Å²) in [4.78, 5) is 28.8. The average molecular weight is 369 g/mol. The largest absolute Gasteiger partial charge is 0.486 e. The minimum absolute atomic E-state index is 0.0513. The average Bonchev–Trinajstić information content (AvgIpc) is 3.36. The van der Waals surface area contributed by atoms with E-state index in [1.165, 1.54) is 4.90 Å². The van der Waals surface area contributed by atoms with E-state index in [-0.39, 0.29) is 6.04 Å². The molecule has 3 aliphatic heterocycles. The van der Waals surface area contributed by atoms with Crippen molar-refractivity contribution < 1.29 is 23.6 Å². The Morgan fingerprint density at radius 1 is 1.15 bits per heavy atom. The molecule has 3 aliphatic rings. The van der Waals surface area contributed by atoms with Gasteiger partial charge in [-0.25, -0.2) is 0 Å². The SMILES string of the molecule is Cc1cc([C@@H]2CCCN2CN2C(=O)C(=O)c3cc4c(cc32)OCCO4)on1. The van der Waals surface area contributed by atoms with Crippen LogP contribution in [0.5, 0.6) is 11.5 Å². The van der Waals surface area contributed by atoms with Gasteiger partial charge in [0.15, 0.2) is 17.3 Å². The summed E-state index contributed by atoms with van der Waals surface area (Å²) in [5.74, 6) is 0.848. The highest BCUT2D eigenvalue weighted by Gasteiger charge is 2.40. The zero-order chi connectivity index (χ0) is 18.5. The van der Waals surface area contributed by atoms with Crippen molar-refractivity contribution in [2.75, 3.05) is 31.3 Å². The zero-order valence-corrected chi connectivity index (χ0v) is 14.9. The van der Waals surface area contributed by atoms with Gasteiger partial charge < -0.3 is 14.0 Å². The molecule has 1 aromatic carbocycles. The molecule has 1 fully saturated rings. The second-order valence-corrected chi connectivity index (χ2v) is 7.06. The molecule has 0 N–H and O–H groups in total. The minimum atomic E-state index is -0.522. The molecule has 27 heavy (non-hydrogen) atoms. The molecule has 0 saturated carbocycles. The molecule has 0 spiro atoms. The fraction of sp³-hybridized carbons (Fsp3) is 0.421. The molecule has 4 heterocycles. The number of nitrogens with zero attached hydrogens (tertiary/aromatic N) is 3. The Kier molecular flexibility index (Phi) is 3.68. The lowest BCUT2D eigenvalue weighted by Gasteiger charge is -2.28. The molecule has 2 aromatic rings. The number of carbonyl (C=O) groups excluding carboxylic acids is 2. The molecule has 1 aromatic heterocycles. The molecule has 8 nitrogen and oxygen atoms in total. The highest BCUT2D eigenvalue weighted by Crippen LogP contribution is 2.41. The number of hydrogen-bond donors (Lipinski definition) is 0. The number of ketones is 1. The Morgan fingerprint density at radius 3 is 2.67 bits per heavy atom. The Bertz CT molecular complexity index is 937. The standard InChI is InChI=1S/C19H19N3O5/c1-11-7-15(27-20-11)13-3-2-4-21(13)10-22-14-9-17-16(25-5-6-26-17)8-12(14)18(23)19(22)24/h7-9,13H,2-6,10H2,1H3/t13-/m0/s1. The maximum absolute atomic E-state index is 12.6. The number of anilines is 1. The number of Topliss-reactive ketones (excluding diaryl/α,β-unsaturated/α-hetero) is 1.